The number of carbonyl (C=O) groups excluding carboxylic acids is 1. The van der Waals surface area contributed by atoms with Gasteiger partial charge in [0.05, 0.1) is 6.54 Å². The normalized spacial score (nSPS) is 23.5. The van der Waals surface area contributed by atoms with Crippen molar-refractivity contribution in [2.75, 3.05) is 40.3 Å². The van der Waals surface area contributed by atoms with Crippen LogP contribution in [-0.4, -0.2) is 66.9 Å². The van der Waals surface area contributed by atoms with E-state index in [0.29, 0.717) is 18.5 Å². The molecule has 0 aliphatic carbocycles. The average molecular weight is 366 g/mol. The lowest BCUT2D eigenvalue weighted by Gasteiger charge is -2.36. The number of hydrogen-bond acceptors (Lipinski definition) is 3. The van der Waals surface area contributed by atoms with Crippen molar-refractivity contribution in [2.45, 2.75) is 32.4 Å². The molecule has 4 heteroatoms. The van der Waals surface area contributed by atoms with Crippen molar-refractivity contribution in [2.24, 2.45) is 5.92 Å². The van der Waals surface area contributed by atoms with Gasteiger partial charge < -0.3 is 4.90 Å². The van der Waals surface area contributed by atoms with Crippen LogP contribution in [0, 0.1) is 12.8 Å². The summed E-state index contributed by atoms with van der Waals surface area (Å²) in [5, 5.41) is 2.76. The zero-order valence-electron chi connectivity index (χ0n) is 16.8. The largest absolute Gasteiger partial charge is 0.348 e. The van der Waals surface area contributed by atoms with Gasteiger partial charge in [-0.15, -0.1) is 0 Å². The van der Waals surface area contributed by atoms with Gasteiger partial charge in [-0.05, 0) is 47.6 Å². The molecule has 2 atom stereocenters. The molecule has 0 unspecified atom stereocenters. The Balaban J connectivity index is 1.53. The molecule has 2 bridgehead atoms. The summed E-state index contributed by atoms with van der Waals surface area (Å²) >= 11 is 0. The van der Waals surface area contributed by atoms with Gasteiger partial charge in [0.25, 0.3) is 0 Å². The molecule has 0 saturated carbocycles. The minimum absolute atomic E-state index is 0.215. The molecule has 2 aromatic rings. The first kappa shape index (κ1) is 18.5. The van der Waals surface area contributed by atoms with Crippen LogP contribution in [0.15, 0.2) is 36.4 Å². The van der Waals surface area contributed by atoms with Gasteiger partial charge in [0, 0.05) is 46.3 Å². The van der Waals surface area contributed by atoms with Crippen LogP contribution in [0.3, 0.4) is 0 Å². The summed E-state index contributed by atoms with van der Waals surface area (Å²) in [6.45, 7) is 6.99. The topological polar surface area (TPSA) is 26.8 Å². The lowest BCUT2D eigenvalue weighted by molar-refractivity contribution is -0.130. The van der Waals surface area contributed by atoms with E-state index in [0.717, 1.165) is 26.2 Å². The van der Waals surface area contributed by atoms with Gasteiger partial charge in [-0.3, -0.25) is 14.6 Å². The summed E-state index contributed by atoms with van der Waals surface area (Å²) in [6.07, 6.45) is 2.55. The standard InChI is InChI=1S/C23H31N3O/c1-17-8-10-19(22-7-5-4-6-21(17)22)14-26-13-18-9-11-20(26)15-25(12-18)16-23(27)24(2)3/h4-8,10,18,20H,9,11-16H2,1-3H3/t18-,20+/m1/s1. The Bertz CT molecular complexity index is 831. The van der Waals surface area contributed by atoms with E-state index >= 15 is 0 Å². The van der Waals surface area contributed by atoms with Gasteiger partial charge in [-0.2, -0.15) is 0 Å². The third-order valence-electron chi connectivity index (χ3n) is 6.37. The Labute approximate surface area is 162 Å². The highest BCUT2D eigenvalue weighted by atomic mass is 16.2. The number of fused-ring (bicyclic) bond motifs is 5. The second-order valence-corrected chi connectivity index (χ2v) is 8.60. The molecule has 2 aromatic carbocycles. The number of rotatable bonds is 4. The van der Waals surface area contributed by atoms with E-state index < -0.39 is 0 Å². The maximum atomic E-state index is 12.2. The lowest BCUT2D eigenvalue weighted by atomic mass is 9.93. The third kappa shape index (κ3) is 3.87. The molecule has 0 radical (unpaired) electrons. The predicted molar refractivity (Wildman–Crippen MR) is 111 cm³/mol. The Kier molecular flexibility index (Phi) is 5.20. The summed E-state index contributed by atoms with van der Waals surface area (Å²) in [4.78, 5) is 18.9. The smallest absolute Gasteiger partial charge is 0.236 e. The third-order valence-corrected chi connectivity index (χ3v) is 6.37. The van der Waals surface area contributed by atoms with Crippen LogP contribution >= 0.6 is 0 Å². The SMILES string of the molecule is Cc1ccc(CN2C[C@@H]3CC[C@H]2CN(CC(=O)N(C)C)C3)c2ccccc12. The quantitative estimate of drug-likeness (QED) is 0.833. The molecule has 3 heterocycles. The van der Waals surface area contributed by atoms with Crippen LogP contribution in [0.2, 0.25) is 0 Å². The summed E-state index contributed by atoms with van der Waals surface area (Å²) in [5.74, 6) is 0.891. The van der Waals surface area contributed by atoms with E-state index in [9.17, 15) is 4.79 Å². The molecule has 0 N–H and O–H groups in total. The second-order valence-electron chi connectivity index (χ2n) is 8.60. The fourth-order valence-corrected chi connectivity index (χ4v) is 4.80. The molecule has 0 spiro atoms. The summed E-state index contributed by atoms with van der Waals surface area (Å²) in [7, 11) is 3.70. The van der Waals surface area contributed by atoms with E-state index in [1.54, 1.807) is 4.90 Å². The summed E-state index contributed by atoms with van der Waals surface area (Å²) in [6, 6.07) is 13.9. The first-order valence-electron chi connectivity index (χ1n) is 10.1. The number of amides is 1. The van der Waals surface area contributed by atoms with Crippen molar-refractivity contribution in [3.8, 4) is 0 Å². The minimum atomic E-state index is 0.215. The number of hydrogen-bond donors (Lipinski definition) is 0. The van der Waals surface area contributed by atoms with E-state index in [4.69, 9.17) is 0 Å². The Morgan fingerprint density at radius 2 is 1.81 bits per heavy atom. The maximum absolute atomic E-state index is 12.2. The molecular formula is C23H31N3O. The summed E-state index contributed by atoms with van der Waals surface area (Å²) in [5.41, 5.74) is 2.78. The van der Waals surface area contributed by atoms with Gasteiger partial charge in [-0.25, -0.2) is 0 Å². The molecule has 3 aliphatic rings. The summed E-state index contributed by atoms with van der Waals surface area (Å²) < 4.78 is 0. The van der Waals surface area contributed by atoms with E-state index in [2.05, 4.69) is 53.1 Å². The molecule has 0 aromatic heterocycles. The molecule has 3 saturated heterocycles. The van der Waals surface area contributed by atoms with E-state index in [1.807, 2.05) is 14.1 Å². The molecule has 1 amide bonds. The zero-order chi connectivity index (χ0) is 19.0. The molecule has 3 aliphatic heterocycles. The number of piperidine rings is 1. The first-order chi connectivity index (χ1) is 13.0. The number of carbonyl (C=O) groups is 1. The minimum Gasteiger partial charge on any atom is -0.348 e. The monoisotopic (exact) mass is 365 g/mol. The highest BCUT2D eigenvalue weighted by Crippen LogP contribution is 2.31. The maximum Gasteiger partial charge on any atom is 0.236 e. The number of benzene rings is 2. The van der Waals surface area contributed by atoms with Gasteiger partial charge in [0.1, 0.15) is 0 Å². The van der Waals surface area contributed by atoms with Crippen LogP contribution in [0.1, 0.15) is 24.0 Å². The number of likely N-dealkylation sites (N-methyl/N-ethyl adjacent to an activating group) is 1. The fourth-order valence-electron chi connectivity index (χ4n) is 4.80. The van der Waals surface area contributed by atoms with Crippen LogP contribution in [-0.2, 0) is 11.3 Å². The van der Waals surface area contributed by atoms with Gasteiger partial charge in [-0.1, -0.05) is 36.4 Å². The molecule has 3 fully saturated rings. The van der Waals surface area contributed by atoms with Crippen molar-refractivity contribution in [3.05, 3.63) is 47.5 Å². The highest BCUT2D eigenvalue weighted by Gasteiger charge is 2.35. The fraction of sp³-hybridized carbons (Fsp3) is 0.522. The molecule has 27 heavy (non-hydrogen) atoms. The van der Waals surface area contributed by atoms with Gasteiger partial charge in [0.2, 0.25) is 5.91 Å². The number of aryl methyl sites for hydroxylation is 1. The Hall–Kier alpha value is -1.91. The average Bonchev–Trinajstić information content (AvgIpc) is 2.94. The lowest BCUT2D eigenvalue weighted by Crippen LogP contribution is -2.44. The predicted octanol–water partition coefficient (Wildman–Crippen LogP) is 3.13. The van der Waals surface area contributed by atoms with Crippen LogP contribution in [0.5, 0.6) is 0 Å². The van der Waals surface area contributed by atoms with Crippen molar-refractivity contribution in [1.29, 1.82) is 0 Å². The van der Waals surface area contributed by atoms with Crippen LogP contribution < -0.4 is 0 Å². The van der Waals surface area contributed by atoms with E-state index in [-0.39, 0.29) is 5.91 Å². The Morgan fingerprint density at radius 1 is 1.04 bits per heavy atom. The zero-order valence-corrected chi connectivity index (χ0v) is 16.8. The highest BCUT2D eigenvalue weighted by molar-refractivity contribution is 5.88. The number of nitrogens with zero attached hydrogens (tertiary/aromatic N) is 3. The van der Waals surface area contributed by atoms with Crippen molar-refractivity contribution in [1.82, 2.24) is 14.7 Å². The van der Waals surface area contributed by atoms with Gasteiger partial charge >= 0.3 is 0 Å². The van der Waals surface area contributed by atoms with Crippen LogP contribution in [0.25, 0.3) is 10.8 Å². The van der Waals surface area contributed by atoms with Crippen molar-refractivity contribution in [3.63, 3.8) is 0 Å². The van der Waals surface area contributed by atoms with Crippen molar-refractivity contribution < 1.29 is 4.79 Å². The van der Waals surface area contributed by atoms with E-state index in [1.165, 1.54) is 34.7 Å². The second kappa shape index (κ2) is 7.61. The molecule has 5 rings (SSSR count). The first-order valence-corrected chi connectivity index (χ1v) is 10.1. The molecule has 4 nitrogen and oxygen atoms in total. The van der Waals surface area contributed by atoms with Gasteiger partial charge in [0.15, 0.2) is 0 Å². The van der Waals surface area contributed by atoms with Crippen LogP contribution in [0.4, 0.5) is 0 Å². The van der Waals surface area contributed by atoms with Crippen molar-refractivity contribution >= 4 is 16.7 Å². The molecule has 144 valence electrons. The molecular weight excluding hydrogens is 334 g/mol. The Morgan fingerprint density at radius 3 is 2.59 bits per heavy atom.